The molecule has 18 heavy (non-hydrogen) atoms. The predicted octanol–water partition coefficient (Wildman–Crippen LogP) is 2.33. The maximum Gasteiger partial charge on any atom is 0.335 e. The molecule has 1 aromatic rings. The lowest BCUT2D eigenvalue weighted by Crippen LogP contribution is -2.26. The summed E-state index contributed by atoms with van der Waals surface area (Å²) < 4.78 is 5.04. The molecule has 0 bridgehead atoms. The van der Waals surface area contributed by atoms with Crippen molar-refractivity contribution >= 4 is 5.97 Å². The van der Waals surface area contributed by atoms with Crippen LogP contribution in [0.5, 0.6) is 0 Å². The van der Waals surface area contributed by atoms with Crippen molar-refractivity contribution in [2.24, 2.45) is 0 Å². The highest BCUT2D eigenvalue weighted by atomic mass is 16.5. The summed E-state index contributed by atoms with van der Waals surface area (Å²) >= 11 is 0. The summed E-state index contributed by atoms with van der Waals surface area (Å²) in [5.41, 5.74) is 2.18. The van der Waals surface area contributed by atoms with Gasteiger partial charge in [-0.2, -0.15) is 0 Å². The van der Waals surface area contributed by atoms with E-state index in [9.17, 15) is 4.79 Å². The molecule has 1 rings (SSSR count). The highest BCUT2D eigenvalue weighted by Gasteiger charge is 2.14. The van der Waals surface area contributed by atoms with E-state index in [4.69, 9.17) is 9.84 Å². The first kappa shape index (κ1) is 14.7. The van der Waals surface area contributed by atoms with Crippen LogP contribution >= 0.6 is 0 Å². The third kappa shape index (κ3) is 3.55. The van der Waals surface area contributed by atoms with Gasteiger partial charge in [-0.3, -0.25) is 4.90 Å². The summed E-state index contributed by atoms with van der Waals surface area (Å²) in [5, 5.41) is 9.12. The number of nitrogens with zero attached hydrogens (tertiary/aromatic N) is 1. The number of likely N-dealkylation sites (N-methyl/N-ethyl adjacent to an activating group) is 1. The second-order valence-corrected chi connectivity index (χ2v) is 4.53. The molecule has 1 atom stereocenters. The molecule has 0 spiro atoms. The van der Waals surface area contributed by atoms with Crippen LogP contribution in [0.3, 0.4) is 0 Å². The molecule has 0 aliphatic heterocycles. The largest absolute Gasteiger partial charge is 0.478 e. The fraction of sp³-hybridized carbons (Fsp3) is 0.500. The number of aryl methyl sites for hydroxylation is 1. The summed E-state index contributed by atoms with van der Waals surface area (Å²) in [6, 6.07) is 5.76. The lowest BCUT2D eigenvalue weighted by molar-refractivity contribution is 0.0695. The van der Waals surface area contributed by atoms with Crippen LogP contribution in [0.1, 0.15) is 34.5 Å². The van der Waals surface area contributed by atoms with Crippen LogP contribution in [-0.2, 0) is 4.74 Å². The van der Waals surface area contributed by atoms with Crippen LogP contribution in [0, 0.1) is 6.92 Å². The van der Waals surface area contributed by atoms with E-state index in [-0.39, 0.29) is 6.04 Å². The molecule has 1 N–H and O–H groups in total. The van der Waals surface area contributed by atoms with E-state index < -0.39 is 5.97 Å². The SMILES string of the molecule is COCCN(C)C(C)c1ccc(C)c(C(=O)O)c1. The lowest BCUT2D eigenvalue weighted by atomic mass is 10.0. The number of aromatic carboxylic acids is 1. The average molecular weight is 251 g/mol. The predicted molar refractivity (Wildman–Crippen MR) is 71.1 cm³/mol. The molecule has 4 nitrogen and oxygen atoms in total. The molecule has 4 heteroatoms. The maximum atomic E-state index is 11.1. The van der Waals surface area contributed by atoms with Gasteiger partial charge in [-0.1, -0.05) is 12.1 Å². The highest BCUT2D eigenvalue weighted by molar-refractivity contribution is 5.89. The molecule has 0 aromatic heterocycles. The van der Waals surface area contributed by atoms with Crippen LogP contribution in [0.25, 0.3) is 0 Å². The number of ether oxygens (including phenoxy) is 1. The van der Waals surface area contributed by atoms with E-state index in [1.165, 1.54) is 0 Å². The van der Waals surface area contributed by atoms with Crippen molar-refractivity contribution in [1.29, 1.82) is 0 Å². The van der Waals surface area contributed by atoms with E-state index in [0.29, 0.717) is 12.2 Å². The molecule has 0 amide bonds. The first-order valence-electron chi connectivity index (χ1n) is 6.00. The minimum Gasteiger partial charge on any atom is -0.478 e. The normalized spacial score (nSPS) is 12.7. The molecule has 0 saturated carbocycles. The van der Waals surface area contributed by atoms with Gasteiger partial charge in [-0.25, -0.2) is 4.79 Å². The fourth-order valence-corrected chi connectivity index (χ4v) is 1.81. The van der Waals surface area contributed by atoms with Gasteiger partial charge in [-0.05, 0) is 38.1 Å². The molecule has 1 aromatic carbocycles. The Bertz CT molecular complexity index is 418. The Kier molecular flexibility index (Phi) is 5.31. The minimum absolute atomic E-state index is 0.166. The van der Waals surface area contributed by atoms with Crippen molar-refractivity contribution in [1.82, 2.24) is 4.90 Å². The lowest BCUT2D eigenvalue weighted by Gasteiger charge is -2.25. The zero-order chi connectivity index (χ0) is 13.7. The Labute approximate surface area is 108 Å². The first-order chi connectivity index (χ1) is 8.47. The molecule has 0 aliphatic rings. The van der Waals surface area contributed by atoms with Crippen molar-refractivity contribution in [3.05, 3.63) is 34.9 Å². The van der Waals surface area contributed by atoms with Gasteiger partial charge in [0.05, 0.1) is 12.2 Å². The quantitative estimate of drug-likeness (QED) is 0.843. The van der Waals surface area contributed by atoms with E-state index in [1.54, 1.807) is 13.2 Å². The summed E-state index contributed by atoms with van der Waals surface area (Å²) in [6.45, 7) is 5.35. The Morgan fingerprint density at radius 2 is 2.17 bits per heavy atom. The second-order valence-electron chi connectivity index (χ2n) is 4.53. The molecular formula is C14H21NO3. The van der Waals surface area contributed by atoms with Crippen molar-refractivity contribution in [3.8, 4) is 0 Å². The zero-order valence-corrected chi connectivity index (χ0v) is 11.4. The Morgan fingerprint density at radius 1 is 1.50 bits per heavy atom. The number of methoxy groups -OCH3 is 1. The highest BCUT2D eigenvalue weighted by Crippen LogP contribution is 2.21. The van der Waals surface area contributed by atoms with Crippen molar-refractivity contribution in [2.45, 2.75) is 19.9 Å². The number of benzene rings is 1. The van der Waals surface area contributed by atoms with Gasteiger partial charge in [0.15, 0.2) is 0 Å². The van der Waals surface area contributed by atoms with Gasteiger partial charge < -0.3 is 9.84 Å². The molecule has 0 saturated heterocycles. The molecule has 0 radical (unpaired) electrons. The summed E-state index contributed by atoms with van der Waals surface area (Å²) in [4.78, 5) is 13.2. The van der Waals surface area contributed by atoms with Crippen molar-refractivity contribution in [2.75, 3.05) is 27.3 Å². The molecule has 0 aliphatic carbocycles. The van der Waals surface area contributed by atoms with Crippen LogP contribution in [0.15, 0.2) is 18.2 Å². The number of carboxylic acids is 1. The van der Waals surface area contributed by atoms with E-state index in [0.717, 1.165) is 17.7 Å². The van der Waals surface area contributed by atoms with Gasteiger partial charge in [0.25, 0.3) is 0 Å². The fourth-order valence-electron chi connectivity index (χ4n) is 1.81. The average Bonchev–Trinajstić information content (AvgIpc) is 2.35. The topological polar surface area (TPSA) is 49.8 Å². The Balaban J connectivity index is 2.89. The molecule has 0 fully saturated rings. The molecule has 1 unspecified atom stereocenters. The third-order valence-corrected chi connectivity index (χ3v) is 3.28. The summed E-state index contributed by atoms with van der Waals surface area (Å²) in [5.74, 6) is -0.874. The maximum absolute atomic E-state index is 11.1. The van der Waals surface area contributed by atoms with E-state index >= 15 is 0 Å². The number of hydrogen-bond acceptors (Lipinski definition) is 3. The zero-order valence-electron chi connectivity index (χ0n) is 11.4. The van der Waals surface area contributed by atoms with Gasteiger partial charge in [0.2, 0.25) is 0 Å². The molecule has 0 heterocycles. The van der Waals surface area contributed by atoms with Crippen LogP contribution in [-0.4, -0.2) is 43.3 Å². The minimum atomic E-state index is -0.874. The Hall–Kier alpha value is -1.39. The standard InChI is InChI=1S/C14H21NO3/c1-10-5-6-12(9-13(10)14(16)17)11(2)15(3)7-8-18-4/h5-6,9,11H,7-8H2,1-4H3,(H,16,17). The smallest absolute Gasteiger partial charge is 0.335 e. The van der Waals surface area contributed by atoms with E-state index in [2.05, 4.69) is 11.8 Å². The van der Waals surface area contributed by atoms with Gasteiger partial charge in [0.1, 0.15) is 0 Å². The van der Waals surface area contributed by atoms with Crippen LogP contribution < -0.4 is 0 Å². The summed E-state index contributed by atoms with van der Waals surface area (Å²) in [7, 11) is 3.68. The van der Waals surface area contributed by atoms with E-state index in [1.807, 2.05) is 26.1 Å². The molecule has 100 valence electrons. The summed E-state index contributed by atoms with van der Waals surface area (Å²) in [6.07, 6.45) is 0. The van der Waals surface area contributed by atoms with Crippen LogP contribution in [0.2, 0.25) is 0 Å². The number of hydrogen-bond donors (Lipinski definition) is 1. The van der Waals surface area contributed by atoms with Crippen molar-refractivity contribution in [3.63, 3.8) is 0 Å². The Morgan fingerprint density at radius 3 is 2.72 bits per heavy atom. The first-order valence-corrected chi connectivity index (χ1v) is 6.00. The number of carboxylic acid groups (broad SMARTS) is 1. The van der Waals surface area contributed by atoms with Gasteiger partial charge >= 0.3 is 5.97 Å². The second kappa shape index (κ2) is 6.52. The number of rotatable bonds is 6. The molecular weight excluding hydrogens is 230 g/mol. The van der Waals surface area contributed by atoms with Gasteiger partial charge in [0, 0.05) is 19.7 Å². The number of carbonyl (C=O) groups is 1. The van der Waals surface area contributed by atoms with Gasteiger partial charge in [-0.15, -0.1) is 0 Å². The monoisotopic (exact) mass is 251 g/mol. The third-order valence-electron chi connectivity index (χ3n) is 3.28. The van der Waals surface area contributed by atoms with Crippen LogP contribution in [0.4, 0.5) is 0 Å². The van der Waals surface area contributed by atoms with Crippen molar-refractivity contribution < 1.29 is 14.6 Å².